The predicted molar refractivity (Wildman–Crippen MR) is 59.7 cm³/mol. The topological polar surface area (TPSA) is 17.0 Å². The Labute approximate surface area is 86.3 Å². The molecule has 0 saturated heterocycles. The maximum atomic E-state index is 3.31. The molecule has 1 N–H and O–H groups in total. The highest BCUT2D eigenvalue weighted by Crippen LogP contribution is 2.39. The smallest absolute Gasteiger partial charge is 0.0337 e. The molecule has 1 fully saturated rings. The van der Waals surface area contributed by atoms with Gasteiger partial charge in [0.25, 0.3) is 0 Å². The third-order valence-electron chi connectivity index (χ3n) is 3.34. The van der Waals surface area contributed by atoms with E-state index in [4.69, 9.17) is 0 Å². The standard InChI is InChI=1S/C12H20N2/c1-8-7-12(9(2)13-4)10(3)14(8)11-5-6-11/h7,9,11,13H,5-6H2,1-4H3. The Bertz CT molecular complexity index is 334. The minimum atomic E-state index is 0.466. The van der Waals surface area contributed by atoms with E-state index in [2.05, 4.69) is 36.7 Å². The molecular weight excluding hydrogens is 172 g/mol. The van der Waals surface area contributed by atoms with Crippen LogP contribution in [0.5, 0.6) is 0 Å². The van der Waals surface area contributed by atoms with Crippen LogP contribution in [-0.4, -0.2) is 11.6 Å². The largest absolute Gasteiger partial charge is 0.346 e. The summed E-state index contributed by atoms with van der Waals surface area (Å²) < 4.78 is 2.50. The fourth-order valence-corrected chi connectivity index (χ4v) is 2.29. The Morgan fingerprint density at radius 2 is 2.07 bits per heavy atom. The fraction of sp³-hybridized carbons (Fsp3) is 0.667. The first-order valence-electron chi connectivity index (χ1n) is 5.50. The first kappa shape index (κ1) is 9.78. The van der Waals surface area contributed by atoms with Crippen LogP contribution in [0.15, 0.2) is 6.07 Å². The number of aryl methyl sites for hydroxylation is 1. The van der Waals surface area contributed by atoms with E-state index >= 15 is 0 Å². The van der Waals surface area contributed by atoms with Gasteiger partial charge in [0.2, 0.25) is 0 Å². The highest BCUT2D eigenvalue weighted by atomic mass is 15.1. The van der Waals surface area contributed by atoms with Crippen molar-refractivity contribution in [3.05, 3.63) is 23.0 Å². The lowest BCUT2D eigenvalue weighted by atomic mass is 10.1. The molecule has 0 radical (unpaired) electrons. The summed E-state index contributed by atoms with van der Waals surface area (Å²) >= 11 is 0. The summed E-state index contributed by atoms with van der Waals surface area (Å²) in [5.41, 5.74) is 4.32. The van der Waals surface area contributed by atoms with Crippen molar-refractivity contribution in [1.29, 1.82) is 0 Å². The van der Waals surface area contributed by atoms with Gasteiger partial charge in [0.1, 0.15) is 0 Å². The van der Waals surface area contributed by atoms with Crippen molar-refractivity contribution in [1.82, 2.24) is 9.88 Å². The minimum Gasteiger partial charge on any atom is -0.346 e. The average molecular weight is 192 g/mol. The van der Waals surface area contributed by atoms with Crippen molar-refractivity contribution in [2.24, 2.45) is 0 Å². The molecular formula is C12H20N2. The monoisotopic (exact) mass is 192 g/mol. The third kappa shape index (κ3) is 1.48. The SMILES string of the molecule is CNC(C)c1cc(C)n(C2CC2)c1C. The van der Waals surface area contributed by atoms with Gasteiger partial charge in [0.15, 0.2) is 0 Å². The summed E-state index contributed by atoms with van der Waals surface area (Å²) in [5.74, 6) is 0. The van der Waals surface area contributed by atoms with Gasteiger partial charge in [-0.05, 0) is 52.3 Å². The molecule has 1 unspecified atom stereocenters. The molecule has 0 aromatic carbocycles. The summed E-state index contributed by atoms with van der Waals surface area (Å²) in [5, 5.41) is 3.31. The van der Waals surface area contributed by atoms with E-state index in [1.807, 2.05) is 7.05 Å². The van der Waals surface area contributed by atoms with Crippen molar-refractivity contribution < 1.29 is 0 Å². The van der Waals surface area contributed by atoms with E-state index in [-0.39, 0.29) is 0 Å². The van der Waals surface area contributed by atoms with Gasteiger partial charge >= 0.3 is 0 Å². The maximum Gasteiger partial charge on any atom is 0.0337 e. The zero-order valence-electron chi connectivity index (χ0n) is 9.59. The Kier molecular flexibility index (Phi) is 2.40. The molecule has 0 amide bonds. The van der Waals surface area contributed by atoms with Crippen molar-refractivity contribution in [2.45, 2.75) is 45.7 Å². The summed E-state index contributed by atoms with van der Waals surface area (Å²) in [6.45, 7) is 6.69. The van der Waals surface area contributed by atoms with Crippen LogP contribution >= 0.6 is 0 Å². The lowest BCUT2D eigenvalue weighted by molar-refractivity contribution is 0.634. The van der Waals surface area contributed by atoms with Crippen molar-refractivity contribution in [3.63, 3.8) is 0 Å². The number of hydrogen-bond donors (Lipinski definition) is 1. The Morgan fingerprint density at radius 1 is 1.43 bits per heavy atom. The highest BCUT2D eigenvalue weighted by molar-refractivity contribution is 5.30. The molecule has 1 aromatic rings. The zero-order chi connectivity index (χ0) is 10.3. The number of rotatable bonds is 3. The molecule has 1 aliphatic carbocycles. The van der Waals surface area contributed by atoms with E-state index in [1.54, 1.807) is 0 Å². The highest BCUT2D eigenvalue weighted by Gasteiger charge is 2.27. The van der Waals surface area contributed by atoms with Gasteiger partial charge in [-0.25, -0.2) is 0 Å². The molecule has 0 spiro atoms. The summed E-state index contributed by atoms with van der Waals surface area (Å²) in [4.78, 5) is 0. The second-order valence-electron chi connectivity index (χ2n) is 4.44. The van der Waals surface area contributed by atoms with Crippen LogP contribution in [0, 0.1) is 13.8 Å². The Balaban J connectivity index is 2.38. The average Bonchev–Trinajstić information content (AvgIpc) is 2.93. The summed E-state index contributed by atoms with van der Waals surface area (Å²) in [6.07, 6.45) is 2.73. The molecule has 0 aliphatic heterocycles. The normalized spacial score (nSPS) is 18.6. The minimum absolute atomic E-state index is 0.466. The van der Waals surface area contributed by atoms with E-state index < -0.39 is 0 Å². The molecule has 1 heterocycles. The van der Waals surface area contributed by atoms with Gasteiger partial charge in [-0.15, -0.1) is 0 Å². The van der Waals surface area contributed by atoms with E-state index in [0.29, 0.717) is 6.04 Å². The van der Waals surface area contributed by atoms with Gasteiger partial charge in [-0.2, -0.15) is 0 Å². The molecule has 1 atom stereocenters. The first-order chi connectivity index (χ1) is 6.65. The molecule has 1 aliphatic rings. The number of nitrogens with zero attached hydrogens (tertiary/aromatic N) is 1. The lowest BCUT2D eigenvalue weighted by Gasteiger charge is -2.12. The summed E-state index contributed by atoms with van der Waals surface area (Å²) in [7, 11) is 2.02. The van der Waals surface area contributed by atoms with Crippen LogP contribution in [0.1, 0.15) is 48.8 Å². The third-order valence-corrected chi connectivity index (χ3v) is 3.34. The molecule has 1 saturated carbocycles. The van der Waals surface area contributed by atoms with Crippen LogP contribution in [-0.2, 0) is 0 Å². The van der Waals surface area contributed by atoms with Gasteiger partial charge in [0, 0.05) is 23.5 Å². The van der Waals surface area contributed by atoms with E-state index in [9.17, 15) is 0 Å². The lowest BCUT2D eigenvalue weighted by Crippen LogP contribution is -2.13. The maximum absolute atomic E-state index is 3.31. The van der Waals surface area contributed by atoms with E-state index in [1.165, 1.54) is 29.8 Å². The molecule has 1 aromatic heterocycles. The van der Waals surface area contributed by atoms with Crippen LogP contribution in [0.3, 0.4) is 0 Å². The molecule has 14 heavy (non-hydrogen) atoms. The Morgan fingerprint density at radius 3 is 2.57 bits per heavy atom. The van der Waals surface area contributed by atoms with Crippen LogP contribution in [0.2, 0.25) is 0 Å². The van der Waals surface area contributed by atoms with Crippen molar-refractivity contribution in [3.8, 4) is 0 Å². The van der Waals surface area contributed by atoms with Crippen LogP contribution in [0.4, 0.5) is 0 Å². The van der Waals surface area contributed by atoms with Crippen LogP contribution in [0.25, 0.3) is 0 Å². The quantitative estimate of drug-likeness (QED) is 0.779. The number of hydrogen-bond acceptors (Lipinski definition) is 1. The Hall–Kier alpha value is -0.760. The molecule has 0 bridgehead atoms. The van der Waals surface area contributed by atoms with Gasteiger partial charge in [-0.3, -0.25) is 0 Å². The first-order valence-corrected chi connectivity index (χ1v) is 5.50. The molecule has 2 heteroatoms. The predicted octanol–water partition coefficient (Wildman–Crippen LogP) is 2.72. The van der Waals surface area contributed by atoms with Gasteiger partial charge < -0.3 is 9.88 Å². The molecule has 2 rings (SSSR count). The van der Waals surface area contributed by atoms with Gasteiger partial charge in [-0.1, -0.05) is 0 Å². The zero-order valence-corrected chi connectivity index (χ0v) is 9.59. The summed E-state index contributed by atoms with van der Waals surface area (Å²) in [6, 6.07) is 3.59. The number of aromatic nitrogens is 1. The van der Waals surface area contributed by atoms with Crippen LogP contribution < -0.4 is 5.32 Å². The number of nitrogens with one attached hydrogen (secondary N) is 1. The van der Waals surface area contributed by atoms with Gasteiger partial charge in [0.05, 0.1) is 0 Å². The molecule has 78 valence electrons. The second-order valence-corrected chi connectivity index (χ2v) is 4.44. The van der Waals surface area contributed by atoms with E-state index in [0.717, 1.165) is 6.04 Å². The van der Waals surface area contributed by atoms with Crippen molar-refractivity contribution >= 4 is 0 Å². The second kappa shape index (κ2) is 3.43. The molecule has 2 nitrogen and oxygen atoms in total. The fourth-order valence-electron chi connectivity index (χ4n) is 2.29. The van der Waals surface area contributed by atoms with Crippen molar-refractivity contribution in [2.75, 3.05) is 7.05 Å².